The molecule has 2 aromatic heterocycles. The van der Waals surface area contributed by atoms with Gasteiger partial charge in [-0.15, -0.1) is 22.7 Å². The summed E-state index contributed by atoms with van der Waals surface area (Å²) < 4.78 is 31.7. The fraction of sp³-hybridized carbons (Fsp3) is 0.250. The summed E-state index contributed by atoms with van der Waals surface area (Å²) in [4.78, 5) is 45.7. The van der Waals surface area contributed by atoms with Crippen LogP contribution in [0.2, 0.25) is 0 Å². The summed E-state index contributed by atoms with van der Waals surface area (Å²) in [6.07, 6.45) is -1.05. The van der Waals surface area contributed by atoms with Crippen molar-refractivity contribution in [3.8, 4) is 0 Å². The van der Waals surface area contributed by atoms with E-state index < -0.39 is 30.1 Å². The number of carbonyl (C=O) groups is 4. The third-order valence-electron chi connectivity index (χ3n) is 5.03. The molecule has 0 fully saturated rings. The Morgan fingerprint density at radius 1 is 0.946 bits per heavy atom. The fourth-order valence-electron chi connectivity index (χ4n) is 3.31. The Kier molecular flexibility index (Phi) is 10.5. The average molecular weight is 557 g/mol. The van der Waals surface area contributed by atoms with Crippen LogP contribution in [0.5, 0.6) is 0 Å². The van der Waals surface area contributed by atoms with Crippen molar-refractivity contribution in [3.63, 3.8) is 0 Å². The number of rotatable bonds is 5. The normalized spacial score (nSPS) is 13.1. The smallest absolute Gasteiger partial charge is 0.480 e. The number of thiophene rings is 2. The van der Waals surface area contributed by atoms with Crippen molar-refractivity contribution in [2.75, 3.05) is 0 Å². The van der Waals surface area contributed by atoms with Crippen molar-refractivity contribution in [2.24, 2.45) is 11.5 Å². The number of carboxylic acids is 2. The zero-order valence-corrected chi connectivity index (χ0v) is 20.8. The third-order valence-corrected chi connectivity index (χ3v) is 7.21. The van der Waals surface area contributed by atoms with Crippen molar-refractivity contribution in [1.82, 2.24) is 0 Å². The molecule has 0 saturated carbocycles. The van der Waals surface area contributed by atoms with Gasteiger partial charge in [-0.25, -0.2) is 4.79 Å². The lowest BCUT2D eigenvalue weighted by Gasteiger charge is -2.11. The van der Waals surface area contributed by atoms with Crippen molar-refractivity contribution >= 4 is 46.3 Å². The summed E-state index contributed by atoms with van der Waals surface area (Å²) in [5.41, 5.74) is 13.0. The first-order valence-electron chi connectivity index (χ1n) is 10.7. The summed E-state index contributed by atoms with van der Waals surface area (Å²) in [5.74, 6) is -4.30. The summed E-state index contributed by atoms with van der Waals surface area (Å²) in [6.45, 7) is 0. The van der Waals surface area contributed by atoms with Crippen LogP contribution in [0.1, 0.15) is 59.8 Å². The lowest BCUT2D eigenvalue weighted by atomic mass is 9.92. The van der Waals surface area contributed by atoms with Gasteiger partial charge < -0.3 is 21.7 Å². The van der Waals surface area contributed by atoms with E-state index in [0.29, 0.717) is 20.9 Å². The summed E-state index contributed by atoms with van der Waals surface area (Å²) in [5, 5.41) is 17.5. The molecule has 6 N–H and O–H groups in total. The molecule has 1 aromatic carbocycles. The standard InChI is InChI=1S/C14H13NO2S2.C8H9NO2.C2HF3O2/c15-14(17)13-11(12(16)10-6-3-7-18-10)8-4-1-2-5-9(8)19-13;9-7(8(10)11)6-4-2-1-3-5-6;3-2(4,5)1(6)7/h3,6-7H,1-2,4-5H2,(H2,15,17);1-5,7H,9H2,(H,10,11);(H,6,7)/t;7-;/m.0./s1. The van der Waals surface area contributed by atoms with E-state index in [9.17, 15) is 27.6 Å². The number of halogens is 3. The van der Waals surface area contributed by atoms with Crippen molar-refractivity contribution in [3.05, 3.63) is 79.2 Å². The Balaban J connectivity index is 0.000000227. The maximum absolute atomic E-state index is 12.6. The molecular formula is C24H23F3N2O6S2. The molecule has 0 radical (unpaired) electrons. The molecule has 0 bridgehead atoms. The van der Waals surface area contributed by atoms with Crippen LogP contribution in [0.25, 0.3) is 0 Å². The highest BCUT2D eigenvalue weighted by atomic mass is 32.1. The minimum Gasteiger partial charge on any atom is -0.480 e. The van der Waals surface area contributed by atoms with E-state index in [0.717, 1.165) is 31.2 Å². The molecule has 8 nitrogen and oxygen atoms in total. The van der Waals surface area contributed by atoms with Gasteiger partial charge in [0.15, 0.2) is 0 Å². The largest absolute Gasteiger partial charge is 0.490 e. The molecule has 198 valence electrons. The highest BCUT2D eigenvalue weighted by Crippen LogP contribution is 2.36. The van der Waals surface area contributed by atoms with Gasteiger partial charge >= 0.3 is 18.1 Å². The monoisotopic (exact) mass is 556 g/mol. The number of ketones is 1. The van der Waals surface area contributed by atoms with Crippen LogP contribution in [0.15, 0.2) is 47.8 Å². The molecule has 1 atom stereocenters. The molecule has 0 saturated heterocycles. The van der Waals surface area contributed by atoms with Gasteiger partial charge in [0.1, 0.15) is 10.9 Å². The first-order valence-corrected chi connectivity index (χ1v) is 12.4. The second-order valence-electron chi connectivity index (χ2n) is 7.62. The van der Waals surface area contributed by atoms with Gasteiger partial charge in [0.2, 0.25) is 5.78 Å². The van der Waals surface area contributed by atoms with Crippen molar-refractivity contribution in [1.29, 1.82) is 0 Å². The fourth-order valence-corrected chi connectivity index (χ4v) is 5.22. The van der Waals surface area contributed by atoms with Gasteiger partial charge in [0.25, 0.3) is 5.91 Å². The Morgan fingerprint density at radius 2 is 1.54 bits per heavy atom. The summed E-state index contributed by atoms with van der Waals surface area (Å²) in [6, 6.07) is 11.5. The van der Waals surface area contributed by atoms with E-state index in [1.807, 2.05) is 17.5 Å². The van der Waals surface area contributed by atoms with E-state index in [-0.39, 0.29) is 5.78 Å². The molecule has 0 unspecified atom stereocenters. The lowest BCUT2D eigenvalue weighted by molar-refractivity contribution is -0.192. The van der Waals surface area contributed by atoms with Crippen LogP contribution in [-0.4, -0.2) is 40.0 Å². The zero-order chi connectivity index (χ0) is 27.8. The second-order valence-corrected chi connectivity index (χ2v) is 9.67. The number of carboxylic acid groups (broad SMARTS) is 2. The molecule has 37 heavy (non-hydrogen) atoms. The molecule has 4 rings (SSSR count). The second kappa shape index (κ2) is 13.1. The number of amides is 1. The molecular weight excluding hydrogens is 533 g/mol. The van der Waals surface area contributed by atoms with Gasteiger partial charge in [-0.05, 0) is 48.3 Å². The maximum Gasteiger partial charge on any atom is 0.490 e. The maximum atomic E-state index is 12.6. The number of benzene rings is 1. The molecule has 1 aliphatic carbocycles. The average Bonchev–Trinajstić information content (AvgIpc) is 3.52. The number of carbonyl (C=O) groups excluding carboxylic acids is 2. The number of hydrogen-bond acceptors (Lipinski definition) is 7. The number of aryl methyl sites for hydroxylation is 1. The predicted molar refractivity (Wildman–Crippen MR) is 132 cm³/mol. The number of alkyl halides is 3. The van der Waals surface area contributed by atoms with E-state index in [1.54, 1.807) is 30.3 Å². The third kappa shape index (κ3) is 8.23. The first kappa shape index (κ1) is 29.7. The molecule has 0 aliphatic heterocycles. The number of nitrogens with two attached hydrogens (primary N) is 2. The number of primary amides is 1. The Hall–Kier alpha value is -3.55. The molecule has 3 aromatic rings. The number of hydrogen-bond donors (Lipinski definition) is 4. The van der Waals surface area contributed by atoms with Crippen LogP contribution in [0.3, 0.4) is 0 Å². The molecule has 0 spiro atoms. The molecule has 13 heteroatoms. The van der Waals surface area contributed by atoms with Crippen LogP contribution in [-0.2, 0) is 22.4 Å². The highest BCUT2D eigenvalue weighted by Gasteiger charge is 2.38. The zero-order valence-electron chi connectivity index (χ0n) is 19.2. The van der Waals surface area contributed by atoms with Crippen molar-refractivity contribution in [2.45, 2.75) is 37.9 Å². The minimum atomic E-state index is -5.08. The predicted octanol–water partition coefficient (Wildman–Crippen LogP) is 4.42. The quantitative estimate of drug-likeness (QED) is 0.338. The first-order chi connectivity index (χ1) is 17.3. The van der Waals surface area contributed by atoms with Crippen LogP contribution < -0.4 is 11.5 Å². The van der Waals surface area contributed by atoms with E-state index >= 15 is 0 Å². The Labute approximate surface area is 217 Å². The van der Waals surface area contributed by atoms with Crippen molar-refractivity contribution < 1.29 is 42.6 Å². The molecule has 1 amide bonds. The summed E-state index contributed by atoms with van der Waals surface area (Å²) in [7, 11) is 0. The van der Waals surface area contributed by atoms with Crippen LogP contribution >= 0.6 is 22.7 Å². The Bertz CT molecular complexity index is 1240. The van der Waals surface area contributed by atoms with Gasteiger partial charge in [-0.1, -0.05) is 36.4 Å². The lowest BCUT2D eigenvalue weighted by Crippen LogP contribution is -2.21. The van der Waals surface area contributed by atoms with E-state index in [4.69, 9.17) is 26.5 Å². The van der Waals surface area contributed by atoms with Gasteiger partial charge in [-0.3, -0.25) is 14.4 Å². The van der Waals surface area contributed by atoms with Crippen LogP contribution in [0.4, 0.5) is 13.2 Å². The van der Waals surface area contributed by atoms with Gasteiger partial charge in [-0.2, -0.15) is 13.2 Å². The highest BCUT2D eigenvalue weighted by molar-refractivity contribution is 7.15. The van der Waals surface area contributed by atoms with Gasteiger partial charge in [0.05, 0.1) is 10.4 Å². The molecule has 1 aliphatic rings. The van der Waals surface area contributed by atoms with Crippen LogP contribution in [0, 0.1) is 0 Å². The topological polar surface area (TPSA) is 161 Å². The summed E-state index contributed by atoms with van der Waals surface area (Å²) >= 11 is 2.81. The van der Waals surface area contributed by atoms with Gasteiger partial charge in [0, 0.05) is 4.88 Å². The SMILES string of the molecule is NC(=O)c1sc2c(c1C(=O)c1cccs1)CCCC2.N[C@H](C(=O)O)c1ccccc1.O=C(O)C(F)(F)F. The Morgan fingerprint density at radius 3 is 2.03 bits per heavy atom. The minimum absolute atomic E-state index is 0.0526. The van der Waals surface area contributed by atoms with E-state index in [2.05, 4.69) is 0 Å². The van der Waals surface area contributed by atoms with E-state index in [1.165, 1.54) is 27.6 Å². The number of fused-ring (bicyclic) bond motifs is 1. The number of aliphatic carboxylic acids is 2. The molecule has 2 heterocycles.